The SMILES string of the molecule is Cn1ncnc1CC1(CO)CCC(C(C)(C)C)CC1. The quantitative estimate of drug-likeness (QED) is 0.914. The van der Waals surface area contributed by atoms with Gasteiger partial charge in [0.05, 0.1) is 0 Å². The van der Waals surface area contributed by atoms with Gasteiger partial charge >= 0.3 is 0 Å². The lowest BCUT2D eigenvalue weighted by molar-refractivity contribution is 0.0349. The fourth-order valence-corrected chi connectivity index (χ4v) is 3.30. The van der Waals surface area contributed by atoms with E-state index in [9.17, 15) is 5.11 Å². The summed E-state index contributed by atoms with van der Waals surface area (Å²) >= 11 is 0. The van der Waals surface area contributed by atoms with E-state index >= 15 is 0 Å². The minimum Gasteiger partial charge on any atom is -0.396 e. The molecule has 1 saturated carbocycles. The van der Waals surface area contributed by atoms with E-state index < -0.39 is 0 Å². The van der Waals surface area contributed by atoms with Gasteiger partial charge in [-0.3, -0.25) is 4.68 Å². The average molecular weight is 265 g/mol. The molecule has 19 heavy (non-hydrogen) atoms. The summed E-state index contributed by atoms with van der Waals surface area (Å²) in [7, 11) is 1.92. The lowest BCUT2D eigenvalue weighted by Crippen LogP contribution is -2.37. The second-order valence-electron chi connectivity index (χ2n) is 7.28. The van der Waals surface area contributed by atoms with Crippen molar-refractivity contribution in [3.63, 3.8) is 0 Å². The van der Waals surface area contributed by atoms with Crippen LogP contribution in [-0.2, 0) is 13.5 Å². The zero-order valence-electron chi connectivity index (χ0n) is 12.7. The Morgan fingerprint density at radius 3 is 2.42 bits per heavy atom. The molecule has 1 heterocycles. The third-order valence-corrected chi connectivity index (χ3v) is 4.94. The Morgan fingerprint density at radius 1 is 1.37 bits per heavy atom. The second kappa shape index (κ2) is 5.23. The maximum absolute atomic E-state index is 9.86. The summed E-state index contributed by atoms with van der Waals surface area (Å²) in [4.78, 5) is 4.31. The number of aromatic nitrogens is 3. The van der Waals surface area contributed by atoms with Crippen LogP contribution in [0, 0.1) is 16.7 Å². The Labute approximate surface area is 116 Å². The molecule has 1 aliphatic rings. The Hall–Kier alpha value is -0.900. The fraction of sp³-hybridized carbons (Fsp3) is 0.867. The molecule has 1 aliphatic carbocycles. The van der Waals surface area contributed by atoms with Crippen LogP contribution in [0.2, 0.25) is 0 Å². The molecule has 0 atom stereocenters. The molecule has 1 aromatic rings. The zero-order chi connectivity index (χ0) is 14.1. The van der Waals surface area contributed by atoms with Gasteiger partial charge in [-0.05, 0) is 37.0 Å². The Balaban J connectivity index is 2.04. The summed E-state index contributed by atoms with van der Waals surface area (Å²) in [5, 5.41) is 14.0. The Morgan fingerprint density at radius 2 is 2.00 bits per heavy atom. The van der Waals surface area contributed by atoms with Crippen molar-refractivity contribution >= 4 is 0 Å². The molecule has 0 radical (unpaired) electrons. The van der Waals surface area contributed by atoms with E-state index in [0.29, 0.717) is 5.41 Å². The highest BCUT2D eigenvalue weighted by Crippen LogP contribution is 2.46. The molecule has 4 heteroatoms. The van der Waals surface area contributed by atoms with Gasteiger partial charge in [-0.1, -0.05) is 20.8 Å². The van der Waals surface area contributed by atoms with Crippen molar-refractivity contribution < 1.29 is 5.11 Å². The van der Waals surface area contributed by atoms with Crippen LogP contribution >= 0.6 is 0 Å². The number of hydrogen-bond acceptors (Lipinski definition) is 3. The van der Waals surface area contributed by atoms with Crippen LogP contribution in [0.4, 0.5) is 0 Å². The molecule has 2 rings (SSSR count). The van der Waals surface area contributed by atoms with Gasteiger partial charge in [0.1, 0.15) is 12.2 Å². The standard InChI is InChI=1S/C15H27N3O/c1-14(2,3)12-5-7-15(10-19,8-6-12)9-13-16-11-17-18(13)4/h11-12,19H,5-10H2,1-4H3. The van der Waals surface area contributed by atoms with E-state index in [1.54, 1.807) is 6.33 Å². The molecule has 0 unspecified atom stereocenters. The summed E-state index contributed by atoms with van der Waals surface area (Å²) in [6, 6.07) is 0. The van der Waals surface area contributed by atoms with Crippen LogP contribution in [0.5, 0.6) is 0 Å². The van der Waals surface area contributed by atoms with E-state index in [4.69, 9.17) is 0 Å². The van der Waals surface area contributed by atoms with E-state index in [2.05, 4.69) is 30.9 Å². The molecular weight excluding hydrogens is 238 g/mol. The molecule has 1 fully saturated rings. The molecule has 0 aliphatic heterocycles. The van der Waals surface area contributed by atoms with E-state index in [1.807, 2.05) is 11.7 Å². The predicted octanol–water partition coefficient (Wildman–Crippen LogP) is 2.57. The summed E-state index contributed by atoms with van der Waals surface area (Å²) < 4.78 is 1.83. The molecule has 108 valence electrons. The van der Waals surface area contributed by atoms with Crippen LogP contribution in [0.1, 0.15) is 52.3 Å². The lowest BCUT2D eigenvalue weighted by atomic mass is 9.63. The van der Waals surface area contributed by atoms with Crippen molar-refractivity contribution in [2.24, 2.45) is 23.8 Å². The minimum atomic E-state index is 0.0164. The number of aliphatic hydroxyl groups is 1. The van der Waals surface area contributed by atoms with Crippen molar-refractivity contribution in [3.05, 3.63) is 12.2 Å². The van der Waals surface area contributed by atoms with Gasteiger partial charge in [0.2, 0.25) is 0 Å². The third kappa shape index (κ3) is 3.16. The number of aryl methyl sites for hydroxylation is 1. The van der Waals surface area contributed by atoms with Crippen LogP contribution in [0.3, 0.4) is 0 Å². The summed E-state index contributed by atoms with van der Waals surface area (Å²) in [5.74, 6) is 1.76. The summed E-state index contributed by atoms with van der Waals surface area (Å²) in [6.45, 7) is 7.24. The largest absolute Gasteiger partial charge is 0.396 e. The molecule has 1 aromatic heterocycles. The molecule has 0 bridgehead atoms. The topological polar surface area (TPSA) is 50.9 Å². The van der Waals surface area contributed by atoms with E-state index in [0.717, 1.165) is 31.0 Å². The first-order valence-electron chi connectivity index (χ1n) is 7.30. The molecule has 0 amide bonds. The number of nitrogens with zero attached hydrogens (tertiary/aromatic N) is 3. The highest BCUT2D eigenvalue weighted by atomic mass is 16.3. The van der Waals surface area contributed by atoms with Crippen molar-refractivity contribution in [1.29, 1.82) is 0 Å². The molecule has 0 saturated heterocycles. The number of aliphatic hydroxyl groups excluding tert-OH is 1. The van der Waals surface area contributed by atoms with Gasteiger partial charge in [-0.2, -0.15) is 5.10 Å². The highest BCUT2D eigenvalue weighted by molar-refractivity contribution is 4.97. The molecule has 4 nitrogen and oxygen atoms in total. The van der Waals surface area contributed by atoms with Crippen LogP contribution < -0.4 is 0 Å². The summed E-state index contributed by atoms with van der Waals surface area (Å²) in [6.07, 6.45) is 7.05. The van der Waals surface area contributed by atoms with Crippen molar-refractivity contribution in [1.82, 2.24) is 14.8 Å². The average Bonchev–Trinajstić information content (AvgIpc) is 2.74. The first-order chi connectivity index (χ1) is 8.86. The van der Waals surface area contributed by atoms with Crippen LogP contribution in [0.25, 0.3) is 0 Å². The fourth-order valence-electron chi connectivity index (χ4n) is 3.30. The number of hydrogen-bond donors (Lipinski definition) is 1. The first-order valence-corrected chi connectivity index (χ1v) is 7.30. The third-order valence-electron chi connectivity index (χ3n) is 4.94. The van der Waals surface area contributed by atoms with E-state index in [1.165, 1.54) is 12.8 Å². The maximum Gasteiger partial charge on any atom is 0.138 e. The molecule has 0 spiro atoms. The smallest absolute Gasteiger partial charge is 0.138 e. The Kier molecular flexibility index (Phi) is 4.00. The molecule has 1 N–H and O–H groups in total. The monoisotopic (exact) mass is 265 g/mol. The maximum atomic E-state index is 9.86. The van der Waals surface area contributed by atoms with Gasteiger partial charge < -0.3 is 5.11 Å². The highest BCUT2D eigenvalue weighted by Gasteiger charge is 2.39. The lowest BCUT2D eigenvalue weighted by Gasteiger charge is -2.43. The molecule has 0 aromatic carbocycles. The van der Waals surface area contributed by atoms with Gasteiger partial charge in [-0.25, -0.2) is 4.98 Å². The first kappa shape index (κ1) is 14.5. The van der Waals surface area contributed by atoms with Crippen molar-refractivity contribution in [2.45, 2.75) is 52.9 Å². The van der Waals surface area contributed by atoms with Gasteiger partial charge in [-0.15, -0.1) is 0 Å². The van der Waals surface area contributed by atoms with Crippen LogP contribution in [-0.4, -0.2) is 26.5 Å². The van der Waals surface area contributed by atoms with Gasteiger partial charge in [0.15, 0.2) is 0 Å². The van der Waals surface area contributed by atoms with Crippen molar-refractivity contribution in [2.75, 3.05) is 6.61 Å². The summed E-state index contributed by atoms with van der Waals surface area (Å²) in [5.41, 5.74) is 0.398. The molecular formula is C15H27N3O. The van der Waals surface area contributed by atoms with Crippen LogP contribution in [0.15, 0.2) is 6.33 Å². The number of rotatable bonds is 3. The second-order valence-corrected chi connectivity index (χ2v) is 7.28. The van der Waals surface area contributed by atoms with Gasteiger partial charge in [0, 0.05) is 25.5 Å². The Bertz CT molecular complexity index is 411. The normalized spacial score (nSPS) is 28.6. The van der Waals surface area contributed by atoms with Crippen molar-refractivity contribution in [3.8, 4) is 0 Å². The zero-order valence-corrected chi connectivity index (χ0v) is 12.7. The minimum absolute atomic E-state index is 0.0164. The van der Waals surface area contributed by atoms with E-state index in [-0.39, 0.29) is 12.0 Å². The van der Waals surface area contributed by atoms with Gasteiger partial charge in [0.25, 0.3) is 0 Å². The predicted molar refractivity (Wildman–Crippen MR) is 75.6 cm³/mol.